The van der Waals surface area contributed by atoms with Gasteiger partial charge in [0.05, 0.1) is 0 Å². The first-order chi connectivity index (χ1) is 5.77. The smallest absolute Gasteiger partial charge is 0.134 e. The number of allylic oxidation sites excluding steroid dienone is 1. The summed E-state index contributed by atoms with van der Waals surface area (Å²) in [6.07, 6.45) is 2.08. The topological polar surface area (TPSA) is 9.23 Å². The van der Waals surface area contributed by atoms with E-state index in [0.717, 1.165) is 22.6 Å². The van der Waals surface area contributed by atoms with Crippen molar-refractivity contribution in [2.75, 3.05) is 0 Å². The first-order valence-corrected chi connectivity index (χ1v) is 3.92. The highest BCUT2D eigenvalue weighted by atomic mass is 16.5. The summed E-state index contributed by atoms with van der Waals surface area (Å²) >= 11 is 0. The Balaban J connectivity index is 2.56. The average molecular weight is 158 g/mol. The fraction of sp³-hybridized carbons (Fsp3) is 0.0909. The third-order valence-electron chi connectivity index (χ3n) is 1.96. The largest absolute Gasteiger partial charge is 0.457 e. The van der Waals surface area contributed by atoms with Crippen molar-refractivity contribution in [2.24, 2.45) is 0 Å². The molecular formula is C11H10O. The molecular weight excluding hydrogens is 148 g/mol. The van der Waals surface area contributed by atoms with E-state index in [0.29, 0.717) is 0 Å². The quantitative estimate of drug-likeness (QED) is 0.564. The first-order valence-electron chi connectivity index (χ1n) is 3.92. The van der Waals surface area contributed by atoms with Gasteiger partial charge in [0.15, 0.2) is 0 Å². The lowest BCUT2D eigenvalue weighted by Crippen LogP contribution is -2.01. The molecule has 0 amide bonds. The second-order valence-electron chi connectivity index (χ2n) is 2.89. The Labute approximate surface area is 72.0 Å². The van der Waals surface area contributed by atoms with Gasteiger partial charge in [-0.2, -0.15) is 0 Å². The highest BCUT2D eigenvalue weighted by molar-refractivity contribution is 5.65. The Bertz CT molecular complexity index is 361. The molecule has 1 aromatic rings. The minimum atomic E-state index is 0.744. The molecule has 0 spiro atoms. The number of benzene rings is 1. The first kappa shape index (κ1) is 7.17. The van der Waals surface area contributed by atoms with Crippen LogP contribution in [-0.4, -0.2) is 0 Å². The van der Waals surface area contributed by atoms with Crippen molar-refractivity contribution >= 4 is 6.08 Å². The molecule has 1 heteroatoms. The van der Waals surface area contributed by atoms with Crippen molar-refractivity contribution in [3.8, 4) is 5.75 Å². The number of ether oxygens (including phenoxy) is 1. The van der Waals surface area contributed by atoms with Crippen LogP contribution in [0.4, 0.5) is 0 Å². The molecule has 0 fully saturated rings. The van der Waals surface area contributed by atoms with Crippen LogP contribution in [-0.2, 0) is 0 Å². The van der Waals surface area contributed by atoms with Crippen LogP contribution in [0.15, 0.2) is 42.2 Å². The van der Waals surface area contributed by atoms with E-state index in [4.69, 9.17) is 4.74 Å². The Kier molecular flexibility index (Phi) is 1.51. The summed E-state index contributed by atoms with van der Waals surface area (Å²) in [4.78, 5) is 0. The molecule has 12 heavy (non-hydrogen) atoms. The van der Waals surface area contributed by atoms with Crippen LogP contribution >= 0.6 is 0 Å². The van der Waals surface area contributed by atoms with Crippen molar-refractivity contribution in [3.63, 3.8) is 0 Å². The lowest BCUT2D eigenvalue weighted by molar-refractivity contribution is 0.434. The van der Waals surface area contributed by atoms with Gasteiger partial charge in [-0.15, -0.1) is 0 Å². The molecule has 1 aliphatic heterocycles. The van der Waals surface area contributed by atoms with E-state index in [9.17, 15) is 0 Å². The zero-order valence-electron chi connectivity index (χ0n) is 7.00. The molecule has 0 unspecified atom stereocenters. The second-order valence-corrected chi connectivity index (χ2v) is 2.89. The zero-order valence-corrected chi connectivity index (χ0v) is 7.00. The molecule has 0 bridgehead atoms. The van der Waals surface area contributed by atoms with Crippen molar-refractivity contribution in [1.82, 2.24) is 0 Å². The summed E-state index contributed by atoms with van der Waals surface area (Å²) in [6.45, 7) is 5.80. The Morgan fingerprint density at radius 3 is 2.83 bits per heavy atom. The van der Waals surface area contributed by atoms with Crippen LogP contribution in [0.25, 0.3) is 6.08 Å². The molecule has 60 valence electrons. The molecule has 0 radical (unpaired) electrons. The predicted molar refractivity (Wildman–Crippen MR) is 49.9 cm³/mol. The van der Waals surface area contributed by atoms with Gasteiger partial charge in [-0.05, 0) is 24.6 Å². The van der Waals surface area contributed by atoms with Gasteiger partial charge >= 0.3 is 0 Å². The number of hydrogen-bond donors (Lipinski definition) is 0. The van der Waals surface area contributed by atoms with Crippen molar-refractivity contribution in [3.05, 3.63) is 47.7 Å². The van der Waals surface area contributed by atoms with E-state index >= 15 is 0 Å². The van der Waals surface area contributed by atoms with Gasteiger partial charge in [0.2, 0.25) is 0 Å². The molecule has 1 aromatic carbocycles. The normalized spacial score (nSPS) is 14.8. The SMILES string of the molecule is C=C1Oc2ccccc2C=C1C. The maximum absolute atomic E-state index is 5.48. The molecule has 0 saturated heterocycles. The maximum atomic E-state index is 5.48. The van der Waals surface area contributed by atoms with Crippen molar-refractivity contribution in [1.29, 1.82) is 0 Å². The molecule has 0 atom stereocenters. The van der Waals surface area contributed by atoms with E-state index in [1.807, 2.05) is 31.2 Å². The van der Waals surface area contributed by atoms with Crippen LogP contribution in [0.3, 0.4) is 0 Å². The number of para-hydroxylation sites is 1. The Morgan fingerprint density at radius 2 is 2.00 bits per heavy atom. The predicted octanol–water partition coefficient (Wildman–Crippen LogP) is 3.00. The van der Waals surface area contributed by atoms with E-state index in [2.05, 4.69) is 12.7 Å². The Hall–Kier alpha value is -1.50. The molecule has 2 rings (SSSR count). The number of rotatable bonds is 0. The molecule has 0 aliphatic carbocycles. The van der Waals surface area contributed by atoms with Crippen LogP contribution in [0.1, 0.15) is 12.5 Å². The third kappa shape index (κ3) is 1.03. The highest BCUT2D eigenvalue weighted by Crippen LogP contribution is 2.29. The van der Waals surface area contributed by atoms with Crippen LogP contribution in [0.2, 0.25) is 0 Å². The van der Waals surface area contributed by atoms with Crippen molar-refractivity contribution < 1.29 is 4.74 Å². The van der Waals surface area contributed by atoms with Gasteiger partial charge in [-0.1, -0.05) is 24.8 Å². The Morgan fingerprint density at radius 1 is 1.25 bits per heavy atom. The molecule has 1 aliphatic rings. The summed E-state index contributed by atoms with van der Waals surface area (Å²) in [5, 5.41) is 0. The molecule has 1 nitrogen and oxygen atoms in total. The summed E-state index contributed by atoms with van der Waals surface area (Å²) in [6, 6.07) is 7.94. The molecule has 1 heterocycles. The molecule has 0 aromatic heterocycles. The third-order valence-corrected chi connectivity index (χ3v) is 1.96. The summed E-state index contributed by atoms with van der Waals surface area (Å²) in [5.74, 6) is 1.64. The summed E-state index contributed by atoms with van der Waals surface area (Å²) in [7, 11) is 0. The van der Waals surface area contributed by atoms with Crippen LogP contribution in [0.5, 0.6) is 5.75 Å². The summed E-state index contributed by atoms with van der Waals surface area (Å²) < 4.78 is 5.48. The monoisotopic (exact) mass is 158 g/mol. The second kappa shape index (κ2) is 2.52. The fourth-order valence-corrected chi connectivity index (χ4v) is 1.22. The minimum Gasteiger partial charge on any atom is -0.457 e. The van der Waals surface area contributed by atoms with Crippen LogP contribution in [0, 0.1) is 0 Å². The zero-order chi connectivity index (χ0) is 8.55. The molecule has 0 N–H and O–H groups in total. The van der Waals surface area contributed by atoms with Gasteiger partial charge in [0.25, 0.3) is 0 Å². The van der Waals surface area contributed by atoms with Gasteiger partial charge in [-0.3, -0.25) is 0 Å². The minimum absolute atomic E-state index is 0.744. The molecule has 0 saturated carbocycles. The van der Waals surface area contributed by atoms with E-state index in [1.54, 1.807) is 0 Å². The lowest BCUT2D eigenvalue weighted by Gasteiger charge is -2.16. The highest BCUT2D eigenvalue weighted by Gasteiger charge is 2.10. The average Bonchev–Trinajstić information content (AvgIpc) is 2.07. The number of fused-ring (bicyclic) bond motifs is 1. The van der Waals surface area contributed by atoms with E-state index in [1.165, 1.54) is 0 Å². The van der Waals surface area contributed by atoms with Gasteiger partial charge in [-0.25, -0.2) is 0 Å². The number of hydrogen-bond acceptors (Lipinski definition) is 1. The van der Waals surface area contributed by atoms with E-state index in [-0.39, 0.29) is 0 Å². The van der Waals surface area contributed by atoms with Crippen molar-refractivity contribution in [2.45, 2.75) is 6.92 Å². The lowest BCUT2D eigenvalue weighted by atomic mass is 10.1. The fourth-order valence-electron chi connectivity index (χ4n) is 1.22. The van der Waals surface area contributed by atoms with Crippen LogP contribution < -0.4 is 4.74 Å². The summed E-state index contributed by atoms with van der Waals surface area (Å²) in [5.41, 5.74) is 2.22. The van der Waals surface area contributed by atoms with Gasteiger partial charge in [0, 0.05) is 5.56 Å². The maximum Gasteiger partial charge on any atom is 0.134 e. The van der Waals surface area contributed by atoms with Gasteiger partial charge in [0.1, 0.15) is 11.5 Å². The van der Waals surface area contributed by atoms with E-state index < -0.39 is 0 Å². The standard InChI is InChI=1S/C11H10O/c1-8-7-10-5-3-4-6-11(10)12-9(8)2/h3-7H,2H2,1H3. The van der Waals surface area contributed by atoms with Gasteiger partial charge < -0.3 is 4.74 Å².